The molecule has 0 unspecified atom stereocenters. The first-order chi connectivity index (χ1) is 9.90. The summed E-state index contributed by atoms with van der Waals surface area (Å²) in [5.41, 5.74) is 0.317. The van der Waals surface area contributed by atoms with Crippen molar-refractivity contribution in [3.05, 3.63) is 59.4 Å². The minimum atomic E-state index is -4.50. The molecule has 0 saturated heterocycles. The maximum Gasteiger partial charge on any atom is 0.433 e. The number of halogens is 4. The molecule has 21 heavy (non-hydrogen) atoms. The van der Waals surface area contributed by atoms with E-state index in [1.54, 1.807) is 24.3 Å². The van der Waals surface area contributed by atoms with Crippen LogP contribution < -0.4 is 5.32 Å². The van der Waals surface area contributed by atoms with E-state index in [1.807, 2.05) is 0 Å². The first-order valence-corrected chi connectivity index (χ1v) is 6.43. The Bertz CT molecular complexity index is 641. The van der Waals surface area contributed by atoms with Crippen molar-refractivity contribution >= 4 is 23.2 Å². The van der Waals surface area contributed by atoms with Crippen molar-refractivity contribution in [1.29, 1.82) is 0 Å². The van der Waals surface area contributed by atoms with E-state index in [9.17, 15) is 18.0 Å². The lowest BCUT2D eigenvalue weighted by atomic mass is 10.1. The monoisotopic (exact) mass is 314 g/mol. The number of amides is 1. The maximum absolute atomic E-state index is 12.4. The number of pyridine rings is 1. The van der Waals surface area contributed by atoms with Crippen LogP contribution in [0.3, 0.4) is 0 Å². The van der Waals surface area contributed by atoms with E-state index in [0.29, 0.717) is 5.56 Å². The van der Waals surface area contributed by atoms with Crippen LogP contribution in [0.4, 0.5) is 18.9 Å². The standard InChI is InChI=1S/C14H10ClF3N2O/c15-7-9-2-1-3-10(6-9)13(21)20-11-4-5-12(19-8-11)14(16,17)18/h1-6,8H,7H2,(H,20,21). The third kappa shape index (κ3) is 3.95. The molecule has 2 aromatic rings. The number of carbonyl (C=O) groups is 1. The summed E-state index contributed by atoms with van der Waals surface area (Å²) in [4.78, 5) is 15.2. The lowest BCUT2D eigenvalue weighted by Gasteiger charge is -2.08. The molecular formula is C14H10ClF3N2O. The van der Waals surface area contributed by atoms with Gasteiger partial charge in [-0.25, -0.2) is 4.98 Å². The minimum absolute atomic E-state index is 0.185. The second-order valence-corrected chi connectivity index (χ2v) is 4.49. The van der Waals surface area contributed by atoms with Gasteiger partial charge in [-0.05, 0) is 29.8 Å². The van der Waals surface area contributed by atoms with Crippen molar-refractivity contribution in [3.63, 3.8) is 0 Å². The van der Waals surface area contributed by atoms with Gasteiger partial charge in [-0.1, -0.05) is 12.1 Å². The number of hydrogen-bond acceptors (Lipinski definition) is 2. The van der Waals surface area contributed by atoms with Crippen molar-refractivity contribution in [2.24, 2.45) is 0 Å². The van der Waals surface area contributed by atoms with Gasteiger partial charge >= 0.3 is 6.18 Å². The van der Waals surface area contributed by atoms with Crippen LogP contribution in [0.5, 0.6) is 0 Å². The molecule has 1 heterocycles. The van der Waals surface area contributed by atoms with E-state index in [-0.39, 0.29) is 11.6 Å². The van der Waals surface area contributed by atoms with Crippen molar-refractivity contribution < 1.29 is 18.0 Å². The quantitative estimate of drug-likeness (QED) is 0.867. The molecule has 0 atom stereocenters. The Balaban J connectivity index is 2.12. The van der Waals surface area contributed by atoms with Gasteiger partial charge in [-0.3, -0.25) is 4.79 Å². The smallest absolute Gasteiger partial charge is 0.321 e. The van der Waals surface area contributed by atoms with E-state index < -0.39 is 17.8 Å². The van der Waals surface area contributed by atoms with Crippen molar-refractivity contribution in [3.8, 4) is 0 Å². The fraction of sp³-hybridized carbons (Fsp3) is 0.143. The molecule has 1 aromatic carbocycles. The van der Waals surface area contributed by atoms with Crippen LogP contribution in [-0.4, -0.2) is 10.9 Å². The molecule has 0 aliphatic heterocycles. The van der Waals surface area contributed by atoms with E-state index in [0.717, 1.165) is 23.9 Å². The Hall–Kier alpha value is -2.08. The molecular weight excluding hydrogens is 305 g/mol. The summed E-state index contributed by atoms with van der Waals surface area (Å²) in [5.74, 6) is -0.174. The second kappa shape index (κ2) is 6.13. The second-order valence-electron chi connectivity index (χ2n) is 4.22. The Morgan fingerprint density at radius 1 is 1.24 bits per heavy atom. The van der Waals surface area contributed by atoms with Gasteiger partial charge in [0.15, 0.2) is 0 Å². The Morgan fingerprint density at radius 2 is 2.00 bits per heavy atom. The molecule has 3 nitrogen and oxygen atoms in total. The molecule has 2 rings (SSSR count). The lowest BCUT2D eigenvalue weighted by Crippen LogP contribution is -2.13. The average Bonchev–Trinajstić information content (AvgIpc) is 2.47. The van der Waals surface area contributed by atoms with Crippen molar-refractivity contribution in [2.75, 3.05) is 5.32 Å². The first kappa shape index (κ1) is 15.3. The third-order valence-electron chi connectivity index (χ3n) is 2.66. The molecule has 0 fully saturated rings. The van der Waals surface area contributed by atoms with E-state index in [1.165, 1.54) is 0 Å². The first-order valence-electron chi connectivity index (χ1n) is 5.89. The molecule has 0 radical (unpaired) electrons. The van der Waals surface area contributed by atoms with Gasteiger partial charge in [-0.2, -0.15) is 13.2 Å². The largest absolute Gasteiger partial charge is 0.433 e. The fourth-order valence-electron chi connectivity index (χ4n) is 1.63. The number of nitrogens with zero attached hydrogens (tertiary/aromatic N) is 1. The summed E-state index contributed by atoms with van der Waals surface area (Å²) < 4.78 is 37.1. The topological polar surface area (TPSA) is 42.0 Å². The van der Waals surface area contributed by atoms with Gasteiger partial charge in [-0.15, -0.1) is 11.6 Å². The van der Waals surface area contributed by atoms with Crippen LogP contribution in [0.15, 0.2) is 42.6 Å². The molecule has 1 aromatic heterocycles. The molecule has 1 N–H and O–H groups in total. The fourth-order valence-corrected chi connectivity index (χ4v) is 1.80. The normalized spacial score (nSPS) is 11.2. The summed E-state index contributed by atoms with van der Waals surface area (Å²) in [6, 6.07) is 8.60. The van der Waals surface area contributed by atoms with E-state index in [4.69, 9.17) is 11.6 Å². The van der Waals surface area contributed by atoms with Crippen LogP contribution in [0.2, 0.25) is 0 Å². The number of aromatic nitrogens is 1. The highest BCUT2D eigenvalue weighted by molar-refractivity contribution is 6.17. The highest BCUT2D eigenvalue weighted by atomic mass is 35.5. The third-order valence-corrected chi connectivity index (χ3v) is 2.96. The summed E-state index contributed by atoms with van der Waals surface area (Å²) >= 11 is 5.68. The van der Waals surface area contributed by atoms with Gasteiger partial charge in [0.05, 0.1) is 11.9 Å². The molecule has 1 amide bonds. The number of hydrogen-bond donors (Lipinski definition) is 1. The Labute approximate surface area is 123 Å². The average molecular weight is 315 g/mol. The molecule has 0 bridgehead atoms. The molecule has 110 valence electrons. The van der Waals surface area contributed by atoms with Crippen molar-refractivity contribution in [2.45, 2.75) is 12.1 Å². The van der Waals surface area contributed by atoms with Gasteiger partial charge in [0.1, 0.15) is 5.69 Å². The predicted octanol–water partition coefficient (Wildman–Crippen LogP) is 4.09. The predicted molar refractivity (Wildman–Crippen MR) is 73.2 cm³/mol. The summed E-state index contributed by atoms with van der Waals surface area (Å²) in [6.45, 7) is 0. The number of anilines is 1. The molecule has 0 aliphatic carbocycles. The number of benzene rings is 1. The number of carbonyl (C=O) groups excluding carboxylic acids is 1. The highest BCUT2D eigenvalue weighted by Crippen LogP contribution is 2.27. The number of alkyl halides is 4. The van der Waals surface area contributed by atoms with Crippen LogP contribution >= 0.6 is 11.6 Å². The number of rotatable bonds is 3. The lowest BCUT2D eigenvalue weighted by molar-refractivity contribution is -0.141. The van der Waals surface area contributed by atoms with Crippen LogP contribution in [0.1, 0.15) is 21.6 Å². The molecule has 7 heteroatoms. The summed E-state index contributed by atoms with van der Waals surface area (Å²) in [7, 11) is 0. The van der Waals surface area contributed by atoms with Gasteiger partial charge in [0.25, 0.3) is 5.91 Å². The Kier molecular flexibility index (Phi) is 4.47. The van der Waals surface area contributed by atoms with Gasteiger partial charge in [0.2, 0.25) is 0 Å². The number of nitrogens with one attached hydrogen (secondary N) is 1. The van der Waals surface area contributed by atoms with Crippen molar-refractivity contribution in [1.82, 2.24) is 4.98 Å². The molecule has 0 spiro atoms. The molecule has 0 aliphatic rings. The Morgan fingerprint density at radius 3 is 2.57 bits per heavy atom. The summed E-state index contributed by atoms with van der Waals surface area (Å²) in [5, 5.41) is 2.48. The SMILES string of the molecule is O=C(Nc1ccc(C(F)(F)F)nc1)c1cccc(CCl)c1. The van der Waals surface area contributed by atoms with Gasteiger partial charge in [0, 0.05) is 11.4 Å². The van der Waals surface area contributed by atoms with E-state index in [2.05, 4.69) is 10.3 Å². The zero-order valence-electron chi connectivity index (χ0n) is 10.6. The van der Waals surface area contributed by atoms with Crippen LogP contribution in [0.25, 0.3) is 0 Å². The minimum Gasteiger partial charge on any atom is -0.321 e. The van der Waals surface area contributed by atoms with Crippen LogP contribution in [-0.2, 0) is 12.1 Å². The summed E-state index contributed by atoms with van der Waals surface area (Å²) in [6.07, 6.45) is -3.54. The highest BCUT2D eigenvalue weighted by Gasteiger charge is 2.32. The molecule has 0 saturated carbocycles. The van der Waals surface area contributed by atoms with E-state index >= 15 is 0 Å². The zero-order chi connectivity index (χ0) is 15.5. The zero-order valence-corrected chi connectivity index (χ0v) is 11.4. The maximum atomic E-state index is 12.4. The van der Waals surface area contributed by atoms with Gasteiger partial charge < -0.3 is 5.32 Å². The van der Waals surface area contributed by atoms with Crippen LogP contribution in [0, 0.1) is 0 Å².